The van der Waals surface area contributed by atoms with Crippen LogP contribution in [0.25, 0.3) is 5.69 Å². The standard InChI is InChI=1S/C19H20F3N3O2/c1-12-6-5-9-24(11-12)18(27)17-16(26)10-13(2)25(23-17)15-8-4-3-7-14(15)19(20,21)22/h3-4,7-8,10,12H,5-6,9,11H2,1-2H3. The Labute approximate surface area is 154 Å². The van der Waals surface area contributed by atoms with E-state index in [9.17, 15) is 22.8 Å². The average Bonchev–Trinajstić information content (AvgIpc) is 2.60. The predicted molar refractivity (Wildman–Crippen MR) is 93.9 cm³/mol. The van der Waals surface area contributed by atoms with E-state index in [4.69, 9.17) is 0 Å². The Kier molecular flexibility index (Phi) is 5.08. The van der Waals surface area contributed by atoms with Crippen LogP contribution in [0.4, 0.5) is 13.2 Å². The Morgan fingerprint density at radius 3 is 2.63 bits per heavy atom. The molecule has 8 heteroatoms. The van der Waals surface area contributed by atoms with Gasteiger partial charge in [0.1, 0.15) is 0 Å². The fourth-order valence-corrected chi connectivity index (χ4v) is 3.36. The lowest BCUT2D eigenvalue weighted by Gasteiger charge is -2.30. The predicted octanol–water partition coefficient (Wildman–Crippen LogP) is 3.43. The maximum Gasteiger partial charge on any atom is 0.418 e. The highest BCUT2D eigenvalue weighted by molar-refractivity contribution is 5.92. The van der Waals surface area contributed by atoms with Crippen LogP contribution < -0.4 is 5.43 Å². The molecule has 1 unspecified atom stereocenters. The molecule has 1 saturated heterocycles. The number of halogens is 3. The molecule has 144 valence electrons. The van der Waals surface area contributed by atoms with Crippen LogP contribution in [-0.4, -0.2) is 33.7 Å². The van der Waals surface area contributed by atoms with Gasteiger partial charge in [-0.05, 0) is 37.8 Å². The molecule has 0 aliphatic carbocycles. The van der Waals surface area contributed by atoms with Gasteiger partial charge in [-0.2, -0.15) is 18.3 Å². The SMILES string of the molecule is Cc1cc(=O)c(C(=O)N2CCCC(C)C2)nn1-c1ccccc1C(F)(F)F. The van der Waals surface area contributed by atoms with E-state index in [-0.39, 0.29) is 17.1 Å². The molecule has 2 aromatic rings. The Morgan fingerprint density at radius 1 is 1.26 bits per heavy atom. The number of aryl methyl sites for hydroxylation is 1. The van der Waals surface area contributed by atoms with Crippen molar-refractivity contribution in [1.82, 2.24) is 14.7 Å². The summed E-state index contributed by atoms with van der Waals surface area (Å²) in [7, 11) is 0. The maximum absolute atomic E-state index is 13.4. The van der Waals surface area contributed by atoms with Crippen LogP contribution in [0.3, 0.4) is 0 Å². The minimum absolute atomic E-state index is 0.219. The summed E-state index contributed by atoms with van der Waals surface area (Å²) in [5.74, 6) is -0.230. The Bertz CT molecular complexity index is 921. The average molecular weight is 379 g/mol. The number of hydrogen-bond donors (Lipinski definition) is 0. The van der Waals surface area contributed by atoms with Crippen molar-refractivity contribution in [1.29, 1.82) is 0 Å². The van der Waals surface area contributed by atoms with Gasteiger partial charge in [-0.25, -0.2) is 4.68 Å². The minimum Gasteiger partial charge on any atom is -0.337 e. The van der Waals surface area contributed by atoms with E-state index in [1.165, 1.54) is 25.1 Å². The summed E-state index contributed by atoms with van der Waals surface area (Å²) in [5, 5.41) is 4.03. The van der Waals surface area contributed by atoms with Crippen LogP contribution in [-0.2, 0) is 6.18 Å². The minimum atomic E-state index is -4.58. The smallest absolute Gasteiger partial charge is 0.337 e. The van der Waals surface area contributed by atoms with E-state index in [2.05, 4.69) is 5.10 Å². The molecule has 0 spiro atoms. The molecule has 1 aliphatic heterocycles. The van der Waals surface area contributed by atoms with Crippen molar-refractivity contribution in [2.75, 3.05) is 13.1 Å². The first-order chi connectivity index (χ1) is 12.7. The lowest BCUT2D eigenvalue weighted by Crippen LogP contribution is -2.42. The van der Waals surface area contributed by atoms with Crippen LogP contribution in [0.1, 0.15) is 41.5 Å². The molecule has 1 aliphatic rings. The summed E-state index contributed by atoms with van der Waals surface area (Å²) in [5.41, 5.74) is -1.82. The number of aromatic nitrogens is 2. The second kappa shape index (κ2) is 7.17. The van der Waals surface area contributed by atoms with Crippen molar-refractivity contribution >= 4 is 5.91 Å². The number of piperidine rings is 1. The number of nitrogens with zero attached hydrogens (tertiary/aromatic N) is 3. The molecule has 0 radical (unpaired) electrons. The van der Waals surface area contributed by atoms with Crippen LogP contribution in [0.15, 0.2) is 35.1 Å². The van der Waals surface area contributed by atoms with Crippen LogP contribution in [0.5, 0.6) is 0 Å². The zero-order valence-corrected chi connectivity index (χ0v) is 15.1. The third-order valence-corrected chi connectivity index (χ3v) is 4.69. The van der Waals surface area contributed by atoms with Gasteiger partial charge < -0.3 is 4.90 Å². The Balaban J connectivity index is 2.09. The van der Waals surface area contributed by atoms with Crippen molar-refractivity contribution in [3.05, 3.63) is 57.5 Å². The quantitative estimate of drug-likeness (QED) is 0.803. The molecule has 0 N–H and O–H groups in total. The highest BCUT2D eigenvalue weighted by Gasteiger charge is 2.34. The summed E-state index contributed by atoms with van der Waals surface area (Å²) in [6.07, 6.45) is -2.77. The van der Waals surface area contributed by atoms with Gasteiger partial charge in [-0.15, -0.1) is 0 Å². The van der Waals surface area contributed by atoms with Gasteiger partial charge in [0.05, 0.1) is 11.3 Å². The third kappa shape index (κ3) is 3.89. The highest BCUT2D eigenvalue weighted by atomic mass is 19.4. The number of carbonyl (C=O) groups is 1. The van der Waals surface area contributed by atoms with E-state index in [1.807, 2.05) is 6.92 Å². The molecule has 1 fully saturated rings. The molecule has 0 bridgehead atoms. The Morgan fingerprint density at radius 2 is 1.96 bits per heavy atom. The van der Waals surface area contributed by atoms with Crippen molar-refractivity contribution in [3.63, 3.8) is 0 Å². The van der Waals surface area contributed by atoms with Gasteiger partial charge in [-0.3, -0.25) is 9.59 Å². The molecule has 27 heavy (non-hydrogen) atoms. The first kappa shape index (κ1) is 19.1. The number of rotatable bonds is 2. The number of benzene rings is 1. The van der Waals surface area contributed by atoms with Crippen LogP contribution in [0, 0.1) is 12.8 Å². The number of likely N-dealkylation sites (tertiary alicyclic amines) is 1. The van der Waals surface area contributed by atoms with Gasteiger partial charge in [0.2, 0.25) is 5.43 Å². The van der Waals surface area contributed by atoms with E-state index in [0.717, 1.165) is 29.7 Å². The van der Waals surface area contributed by atoms with Gasteiger partial charge >= 0.3 is 6.18 Å². The molecule has 1 aromatic carbocycles. The molecule has 1 amide bonds. The molecular formula is C19H20F3N3O2. The van der Waals surface area contributed by atoms with E-state index < -0.39 is 23.1 Å². The molecule has 1 aromatic heterocycles. The monoisotopic (exact) mass is 379 g/mol. The van der Waals surface area contributed by atoms with E-state index in [0.29, 0.717) is 19.0 Å². The molecular weight excluding hydrogens is 359 g/mol. The van der Waals surface area contributed by atoms with Crippen LogP contribution in [0.2, 0.25) is 0 Å². The highest BCUT2D eigenvalue weighted by Crippen LogP contribution is 2.33. The molecule has 2 heterocycles. The number of amides is 1. The molecule has 3 rings (SSSR count). The third-order valence-electron chi connectivity index (χ3n) is 4.69. The van der Waals surface area contributed by atoms with Crippen molar-refractivity contribution in [2.45, 2.75) is 32.9 Å². The first-order valence-electron chi connectivity index (χ1n) is 8.75. The van der Waals surface area contributed by atoms with Gasteiger partial charge in [0, 0.05) is 24.8 Å². The number of alkyl halides is 3. The largest absolute Gasteiger partial charge is 0.418 e. The lowest BCUT2D eigenvalue weighted by molar-refractivity contribution is -0.137. The lowest BCUT2D eigenvalue weighted by atomic mass is 10.00. The topological polar surface area (TPSA) is 55.2 Å². The van der Waals surface area contributed by atoms with Gasteiger partial charge in [0.25, 0.3) is 5.91 Å². The zero-order chi connectivity index (χ0) is 19.8. The summed E-state index contributed by atoms with van der Waals surface area (Å²) < 4.78 is 41.1. The summed E-state index contributed by atoms with van der Waals surface area (Å²) in [6.45, 7) is 4.52. The fraction of sp³-hybridized carbons (Fsp3) is 0.421. The molecule has 0 saturated carbocycles. The number of carbonyl (C=O) groups excluding carboxylic acids is 1. The molecule has 5 nitrogen and oxygen atoms in total. The number of hydrogen-bond acceptors (Lipinski definition) is 3. The molecule has 1 atom stereocenters. The van der Waals surface area contributed by atoms with Crippen LogP contribution >= 0.6 is 0 Å². The second-order valence-corrected chi connectivity index (χ2v) is 6.92. The number of para-hydroxylation sites is 1. The summed E-state index contributed by atoms with van der Waals surface area (Å²) in [4.78, 5) is 26.6. The normalized spacial score (nSPS) is 17.8. The first-order valence-corrected chi connectivity index (χ1v) is 8.75. The van der Waals surface area contributed by atoms with E-state index >= 15 is 0 Å². The van der Waals surface area contributed by atoms with Crippen molar-refractivity contribution in [2.24, 2.45) is 5.92 Å². The fourth-order valence-electron chi connectivity index (χ4n) is 3.36. The van der Waals surface area contributed by atoms with Crippen molar-refractivity contribution in [3.8, 4) is 5.69 Å². The summed E-state index contributed by atoms with van der Waals surface area (Å²) in [6, 6.07) is 6.11. The second-order valence-electron chi connectivity index (χ2n) is 6.92. The zero-order valence-electron chi connectivity index (χ0n) is 15.1. The Hall–Kier alpha value is -2.64. The van der Waals surface area contributed by atoms with Crippen molar-refractivity contribution < 1.29 is 18.0 Å². The van der Waals surface area contributed by atoms with Gasteiger partial charge in [-0.1, -0.05) is 19.1 Å². The van der Waals surface area contributed by atoms with E-state index in [1.54, 1.807) is 4.90 Å². The van der Waals surface area contributed by atoms with Gasteiger partial charge in [0.15, 0.2) is 5.69 Å². The summed E-state index contributed by atoms with van der Waals surface area (Å²) >= 11 is 0. The maximum atomic E-state index is 13.4.